The molecular formula is C16H16ClN3O. The molecule has 0 saturated carbocycles. The quantitative estimate of drug-likeness (QED) is 0.883. The van der Waals surface area contributed by atoms with Crippen LogP contribution in [0.4, 0.5) is 5.82 Å². The van der Waals surface area contributed by atoms with E-state index in [0.717, 1.165) is 5.56 Å². The molecule has 1 aromatic heterocycles. The Morgan fingerprint density at radius 1 is 1.38 bits per heavy atom. The number of hydrogen-bond donors (Lipinski definition) is 1. The van der Waals surface area contributed by atoms with Crippen LogP contribution in [0.1, 0.15) is 11.1 Å². The summed E-state index contributed by atoms with van der Waals surface area (Å²) >= 11 is 5.85. The number of rotatable bonds is 4. The van der Waals surface area contributed by atoms with E-state index >= 15 is 0 Å². The molecule has 0 aliphatic rings. The minimum atomic E-state index is -0.113. The number of carbonyl (C=O) groups excluding carboxylic acids is 1. The summed E-state index contributed by atoms with van der Waals surface area (Å²) in [6.07, 6.45) is 4.56. The van der Waals surface area contributed by atoms with Gasteiger partial charge in [-0.15, -0.1) is 0 Å². The van der Waals surface area contributed by atoms with E-state index in [1.165, 1.54) is 12.3 Å². The first-order valence-electron chi connectivity index (χ1n) is 6.44. The summed E-state index contributed by atoms with van der Waals surface area (Å²) in [7, 11) is 1.75. The van der Waals surface area contributed by atoms with E-state index in [1.54, 1.807) is 24.1 Å². The van der Waals surface area contributed by atoms with Crippen molar-refractivity contribution >= 4 is 29.4 Å². The number of halogens is 1. The average Bonchev–Trinajstić information content (AvgIpc) is 2.49. The topological polar surface area (TPSA) is 59.2 Å². The number of anilines is 1. The van der Waals surface area contributed by atoms with Gasteiger partial charge in [-0.25, -0.2) is 4.98 Å². The van der Waals surface area contributed by atoms with E-state index in [9.17, 15) is 4.79 Å². The highest BCUT2D eigenvalue weighted by Crippen LogP contribution is 2.16. The molecule has 21 heavy (non-hydrogen) atoms. The first-order valence-corrected chi connectivity index (χ1v) is 6.82. The lowest BCUT2D eigenvalue weighted by Gasteiger charge is -2.15. The van der Waals surface area contributed by atoms with Crippen molar-refractivity contribution in [3.8, 4) is 0 Å². The second-order valence-corrected chi connectivity index (χ2v) is 5.08. The van der Waals surface area contributed by atoms with Crippen molar-refractivity contribution in [3.05, 3.63) is 64.8 Å². The van der Waals surface area contributed by atoms with Crippen LogP contribution in [0.2, 0.25) is 5.02 Å². The molecule has 2 rings (SSSR count). The predicted molar refractivity (Wildman–Crippen MR) is 85.6 cm³/mol. The van der Waals surface area contributed by atoms with E-state index in [2.05, 4.69) is 4.98 Å². The number of nitrogens with zero attached hydrogens (tertiary/aromatic N) is 2. The Labute approximate surface area is 128 Å². The van der Waals surface area contributed by atoms with Gasteiger partial charge < -0.3 is 10.6 Å². The summed E-state index contributed by atoms with van der Waals surface area (Å²) in [4.78, 5) is 17.6. The second kappa shape index (κ2) is 6.90. The lowest BCUT2D eigenvalue weighted by atomic mass is 10.2. The van der Waals surface area contributed by atoms with E-state index in [0.29, 0.717) is 22.9 Å². The highest BCUT2D eigenvalue weighted by Gasteiger charge is 2.06. The van der Waals surface area contributed by atoms with Crippen LogP contribution in [0.5, 0.6) is 0 Å². The normalized spacial score (nSPS) is 10.8. The second-order valence-electron chi connectivity index (χ2n) is 4.64. The standard InChI is InChI=1S/C16H16ClN3O/c1-20(11-12-5-3-2-4-6-12)15(21)8-7-13-9-14(17)10-19-16(13)18/h2-10H,11H2,1H3,(H2,18,19). The Bertz CT molecular complexity index is 656. The molecule has 0 fully saturated rings. The largest absolute Gasteiger partial charge is 0.383 e. The Hall–Kier alpha value is -2.33. The SMILES string of the molecule is CN(Cc1ccccc1)C(=O)C=Cc1cc(Cl)cnc1N. The maximum Gasteiger partial charge on any atom is 0.246 e. The highest BCUT2D eigenvalue weighted by molar-refractivity contribution is 6.30. The number of carbonyl (C=O) groups is 1. The van der Waals surface area contributed by atoms with E-state index in [4.69, 9.17) is 17.3 Å². The number of aromatic nitrogens is 1. The highest BCUT2D eigenvalue weighted by atomic mass is 35.5. The van der Waals surface area contributed by atoms with Crippen molar-refractivity contribution in [2.45, 2.75) is 6.54 Å². The molecule has 0 unspecified atom stereocenters. The zero-order chi connectivity index (χ0) is 15.2. The van der Waals surface area contributed by atoms with Crippen LogP contribution < -0.4 is 5.73 Å². The first-order chi connectivity index (χ1) is 10.1. The number of nitrogen functional groups attached to an aromatic ring is 1. The van der Waals surface area contributed by atoms with Gasteiger partial charge >= 0.3 is 0 Å². The van der Waals surface area contributed by atoms with Crippen LogP contribution in [-0.2, 0) is 11.3 Å². The molecule has 0 radical (unpaired) electrons. The van der Waals surface area contributed by atoms with Gasteiger partial charge in [0.15, 0.2) is 0 Å². The molecule has 4 nitrogen and oxygen atoms in total. The molecule has 2 N–H and O–H groups in total. The minimum Gasteiger partial charge on any atom is -0.383 e. The lowest BCUT2D eigenvalue weighted by molar-refractivity contribution is -0.125. The van der Waals surface area contributed by atoms with Crippen molar-refractivity contribution in [1.82, 2.24) is 9.88 Å². The molecule has 1 amide bonds. The number of likely N-dealkylation sites (N-methyl/N-ethyl adjacent to an activating group) is 1. The van der Waals surface area contributed by atoms with Gasteiger partial charge in [0.25, 0.3) is 0 Å². The number of benzene rings is 1. The predicted octanol–water partition coefficient (Wildman–Crippen LogP) is 2.99. The Balaban J connectivity index is 2.03. The van der Waals surface area contributed by atoms with Crippen LogP contribution in [0.25, 0.3) is 6.08 Å². The van der Waals surface area contributed by atoms with Gasteiger partial charge in [-0.2, -0.15) is 0 Å². The third-order valence-electron chi connectivity index (χ3n) is 2.96. The van der Waals surface area contributed by atoms with Crippen LogP contribution in [0.15, 0.2) is 48.7 Å². The molecule has 108 valence electrons. The molecule has 0 atom stereocenters. The molecule has 0 aliphatic carbocycles. The first kappa shape index (κ1) is 15.1. The molecule has 2 aromatic rings. The van der Waals surface area contributed by atoms with Crippen molar-refractivity contribution < 1.29 is 4.79 Å². The minimum absolute atomic E-state index is 0.113. The number of pyridine rings is 1. The van der Waals surface area contributed by atoms with Gasteiger partial charge in [0, 0.05) is 31.4 Å². The van der Waals surface area contributed by atoms with Crippen molar-refractivity contribution in [3.63, 3.8) is 0 Å². The number of nitrogens with two attached hydrogens (primary N) is 1. The van der Waals surface area contributed by atoms with E-state index in [1.807, 2.05) is 30.3 Å². The molecular weight excluding hydrogens is 286 g/mol. The van der Waals surface area contributed by atoms with Gasteiger partial charge in [0.1, 0.15) is 5.82 Å². The summed E-state index contributed by atoms with van der Waals surface area (Å²) in [5.41, 5.74) is 7.43. The maximum absolute atomic E-state index is 12.1. The summed E-state index contributed by atoms with van der Waals surface area (Å²) in [5.74, 6) is 0.229. The van der Waals surface area contributed by atoms with Crippen LogP contribution in [0.3, 0.4) is 0 Å². The maximum atomic E-state index is 12.1. The smallest absolute Gasteiger partial charge is 0.246 e. The fraction of sp³-hybridized carbons (Fsp3) is 0.125. The Morgan fingerprint density at radius 2 is 2.10 bits per heavy atom. The van der Waals surface area contributed by atoms with Gasteiger partial charge in [0.05, 0.1) is 5.02 Å². The third-order valence-corrected chi connectivity index (χ3v) is 3.17. The molecule has 0 aliphatic heterocycles. The van der Waals surface area contributed by atoms with Crippen LogP contribution in [-0.4, -0.2) is 22.8 Å². The van der Waals surface area contributed by atoms with E-state index in [-0.39, 0.29) is 5.91 Å². The summed E-state index contributed by atoms with van der Waals surface area (Å²) < 4.78 is 0. The molecule has 1 heterocycles. The Kier molecular flexibility index (Phi) is 4.95. The number of hydrogen-bond acceptors (Lipinski definition) is 3. The average molecular weight is 302 g/mol. The molecule has 5 heteroatoms. The fourth-order valence-electron chi connectivity index (χ4n) is 1.82. The lowest BCUT2D eigenvalue weighted by Crippen LogP contribution is -2.24. The molecule has 0 spiro atoms. The van der Waals surface area contributed by atoms with Crippen molar-refractivity contribution in [2.75, 3.05) is 12.8 Å². The van der Waals surface area contributed by atoms with Gasteiger partial charge in [-0.3, -0.25) is 4.79 Å². The Morgan fingerprint density at radius 3 is 2.81 bits per heavy atom. The molecule has 0 bridgehead atoms. The summed E-state index contributed by atoms with van der Waals surface area (Å²) in [6, 6.07) is 11.5. The molecule has 1 aromatic carbocycles. The van der Waals surface area contributed by atoms with Crippen LogP contribution >= 0.6 is 11.6 Å². The van der Waals surface area contributed by atoms with Crippen molar-refractivity contribution in [1.29, 1.82) is 0 Å². The van der Waals surface area contributed by atoms with Gasteiger partial charge in [0.2, 0.25) is 5.91 Å². The summed E-state index contributed by atoms with van der Waals surface area (Å²) in [6.45, 7) is 0.549. The van der Waals surface area contributed by atoms with Crippen molar-refractivity contribution in [2.24, 2.45) is 0 Å². The summed E-state index contributed by atoms with van der Waals surface area (Å²) in [5, 5.41) is 0.480. The number of amides is 1. The van der Waals surface area contributed by atoms with Crippen LogP contribution in [0, 0.1) is 0 Å². The zero-order valence-corrected chi connectivity index (χ0v) is 12.4. The van der Waals surface area contributed by atoms with Gasteiger partial charge in [-0.05, 0) is 17.7 Å². The monoisotopic (exact) mass is 301 g/mol. The zero-order valence-electron chi connectivity index (χ0n) is 11.7. The molecule has 0 saturated heterocycles. The van der Waals surface area contributed by atoms with E-state index < -0.39 is 0 Å². The van der Waals surface area contributed by atoms with Gasteiger partial charge in [-0.1, -0.05) is 41.9 Å². The fourth-order valence-corrected chi connectivity index (χ4v) is 1.99. The third kappa shape index (κ3) is 4.33.